The zero-order chi connectivity index (χ0) is 26.5. The number of rotatable bonds is 12. The summed E-state index contributed by atoms with van der Waals surface area (Å²) >= 11 is 6.12. The number of fused-ring (bicyclic) bond motifs is 1. The minimum Gasteiger partial charge on any atom is -0.493 e. The molecule has 0 N–H and O–H groups in total. The minimum atomic E-state index is -1.65. The highest BCUT2D eigenvalue weighted by Crippen LogP contribution is 2.27. The Kier molecular flexibility index (Phi) is 8.92. The van der Waals surface area contributed by atoms with Gasteiger partial charge in [-0.05, 0) is 50.8 Å². The molecule has 0 fully saturated rings. The number of halogens is 1. The van der Waals surface area contributed by atoms with Crippen molar-refractivity contribution in [2.24, 2.45) is 5.92 Å². The van der Waals surface area contributed by atoms with Crippen molar-refractivity contribution in [3.05, 3.63) is 62.5 Å². The van der Waals surface area contributed by atoms with E-state index in [4.69, 9.17) is 30.2 Å². The molecule has 0 saturated carbocycles. The first-order chi connectivity index (χ1) is 17.2. The van der Waals surface area contributed by atoms with Crippen LogP contribution in [-0.4, -0.2) is 41.8 Å². The molecule has 0 unspecified atom stereocenters. The van der Waals surface area contributed by atoms with E-state index < -0.39 is 23.0 Å². The summed E-state index contributed by atoms with van der Waals surface area (Å²) in [7, 11) is 1.38. The predicted molar refractivity (Wildman–Crippen MR) is 136 cm³/mol. The number of benzene rings is 1. The highest BCUT2D eigenvalue weighted by molar-refractivity contribution is 6.30. The summed E-state index contributed by atoms with van der Waals surface area (Å²) in [6, 6.07) is 8.56. The Labute approximate surface area is 213 Å². The molecule has 194 valence electrons. The number of carbonyl (C=O) groups excluding carboxylic acids is 1. The second-order valence-electron chi connectivity index (χ2n) is 8.81. The van der Waals surface area contributed by atoms with Gasteiger partial charge in [-0.3, -0.25) is 4.79 Å². The number of ether oxygens (including phenoxy) is 3. The molecule has 0 spiro atoms. The van der Waals surface area contributed by atoms with Crippen molar-refractivity contribution in [3.8, 4) is 11.5 Å². The maximum absolute atomic E-state index is 13.2. The monoisotopic (exact) mass is 518 g/mol. The third-order valence-corrected chi connectivity index (χ3v) is 6.55. The van der Waals surface area contributed by atoms with Gasteiger partial charge in [-0.1, -0.05) is 31.5 Å². The summed E-state index contributed by atoms with van der Waals surface area (Å²) < 4.78 is 23.6. The molecule has 3 aromatic rings. The predicted octanol–water partition coefficient (Wildman–Crippen LogP) is 4.21. The van der Waals surface area contributed by atoms with E-state index in [1.54, 1.807) is 18.2 Å². The fourth-order valence-corrected chi connectivity index (χ4v) is 4.36. The number of pyridine rings is 1. The molecule has 3 rings (SSSR count). The lowest BCUT2D eigenvalue weighted by Gasteiger charge is -2.33. The van der Waals surface area contributed by atoms with Crippen molar-refractivity contribution >= 4 is 29.0 Å². The third kappa shape index (κ3) is 5.63. The molecule has 9 nitrogen and oxygen atoms in total. The Balaban J connectivity index is 1.93. The van der Waals surface area contributed by atoms with Crippen LogP contribution in [0.1, 0.15) is 40.5 Å². The molecule has 0 aliphatic carbocycles. The van der Waals surface area contributed by atoms with Crippen molar-refractivity contribution in [2.45, 2.75) is 58.3 Å². The summed E-state index contributed by atoms with van der Waals surface area (Å²) in [6.45, 7) is 7.11. The number of hydrogen-bond acceptors (Lipinski definition) is 8. The van der Waals surface area contributed by atoms with E-state index in [0.29, 0.717) is 17.1 Å². The van der Waals surface area contributed by atoms with E-state index in [9.17, 15) is 14.4 Å². The molecule has 0 radical (unpaired) electrons. The summed E-state index contributed by atoms with van der Waals surface area (Å²) in [5, 5.41) is 0.547. The zero-order valence-corrected chi connectivity index (χ0v) is 21.8. The van der Waals surface area contributed by atoms with Gasteiger partial charge in [0.1, 0.15) is 23.7 Å². The van der Waals surface area contributed by atoms with Crippen molar-refractivity contribution in [2.75, 3.05) is 13.7 Å². The quantitative estimate of drug-likeness (QED) is 0.328. The van der Waals surface area contributed by atoms with Crippen LogP contribution in [0.3, 0.4) is 0 Å². The van der Waals surface area contributed by atoms with Crippen LogP contribution in [0.25, 0.3) is 11.1 Å². The molecule has 36 heavy (non-hydrogen) atoms. The van der Waals surface area contributed by atoms with Gasteiger partial charge in [0.05, 0.1) is 19.8 Å². The molecule has 10 heteroatoms. The first kappa shape index (κ1) is 27.4. The number of aldehydes is 1. The maximum Gasteiger partial charge on any atom is 0.423 e. The van der Waals surface area contributed by atoms with Crippen LogP contribution in [0.5, 0.6) is 11.5 Å². The molecule has 1 aromatic carbocycles. The van der Waals surface area contributed by atoms with Crippen LogP contribution in [0.4, 0.5) is 0 Å². The fraction of sp³-hybridized carbons (Fsp3) is 0.462. The SMILES string of the molecule is CCC(CC)[C@@H](Oc1cccc(Cl)c1)[C@H](C)OC[C@@](C)(C=O)n1c(=O)oc2c(OC)ccnc2c1=O. The van der Waals surface area contributed by atoms with Gasteiger partial charge < -0.3 is 23.4 Å². The van der Waals surface area contributed by atoms with Crippen LogP contribution in [0.15, 0.2) is 50.5 Å². The lowest BCUT2D eigenvalue weighted by Crippen LogP contribution is -2.51. The number of carbonyl (C=O) groups is 1. The van der Waals surface area contributed by atoms with Gasteiger partial charge >= 0.3 is 5.76 Å². The van der Waals surface area contributed by atoms with Gasteiger partial charge in [0.2, 0.25) is 5.58 Å². The average Bonchev–Trinajstić information content (AvgIpc) is 2.87. The molecule has 0 amide bonds. The molecule has 2 heterocycles. The Bertz CT molecular complexity index is 1320. The molecule has 3 atom stereocenters. The van der Waals surface area contributed by atoms with Crippen molar-refractivity contribution in [1.29, 1.82) is 0 Å². The Morgan fingerprint density at radius 2 is 1.94 bits per heavy atom. The second-order valence-corrected chi connectivity index (χ2v) is 9.24. The van der Waals surface area contributed by atoms with Crippen molar-refractivity contribution < 1.29 is 23.4 Å². The summed E-state index contributed by atoms with van der Waals surface area (Å²) in [4.78, 5) is 42.3. The molecular formula is C26H31ClN2O7. The van der Waals surface area contributed by atoms with E-state index in [0.717, 1.165) is 17.4 Å². The standard InChI is InChI=1S/C26H31ClN2O7/c1-6-17(7-2)22(35-19-10-8-9-18(27)13-19)16(3)34-15-26(4,14-30)29-24(31)21-23(36-25(29)32)20(33-5)11-12-28-21/h8-14,16-17,22H,6-7,15H2,1-5H3/t16-,22-,26+/m0/s1. The van der Waals surface area contributed by atoms with E-state index in [2.05, 4.69) is 18.8 Å². The van der Waals surface area contributed by atoms with E-state index in [1.807, 2.05) is 13.0 Å². The smallest absolute Gasteiger partial charge is 0.423 e. The normalized spacial score (nSPS) is 14.9. The zero-order valence-electron chi connectivity index (χ0n) is 21.0. The van der Waals surface area contributed by atoms with Crippen LogP contribution in [0.2, 0.25) is 5.02 Å². The highest BCUT2D eigenvalue weighted by atomic mass is 35.5. The van der Waals surface area contributed by atoms with Gasteiger partial charge in [-0.15, -0.1) is 0 Å². The number of methoxy groups -OCH3 is 1. The largest absolute Gasteiger partial charge is 0.493 e. The van der Waals surface area contributed by atoms with Crippen molar-refractivity contribution in [1.82, 2.24) is 9.55 Å². The molecular weight excluding hydrogens is 488 g/mol. The Morgan fingerprint density at radius 1 is 1.22 bits per heavy atom. The summed E-state index contributed by atoms with van der Waals surface area (Å²) in [5.74, 6) is -0.0902. The van der Waals surface area contributed by atoms with Crippen molar-refractivity contribution in [3.63, 3.8) is 0 Å². The van der Waals surface area contributed by atoms with Gasteiger partial charge in [-0.2, -0.15) is 0 Å². The fourth-order valence-electron chi connectivity index (χ4n) is 4.18. The molecule has 0 bridgehead atoms. The Hall–Kier alpha value is -3.17. The van der Waals surface area contributed by atoms with Gasteiger partial charge in [-0.25, -0.2) is 14.3 Å². The van der Waals surface area contributed by atoms with Gasteiger partial charge in [0.15, 0.2) is 11.3 Å². The molecule has 0 saturated heterocycles. The highest BCUT2D eigenvalue weighted by Gasteiger charge is 2.35. The van der Waals surface area contributed by atoms with E-state index in [-0.39, 0.29) is 35.5 Å². The first-order valence-corrected chi connectivity index (χ1v) is 12.2. The average molecular weight is 519 g/mol. The van der Waals surface area contributed by atoms with E-state index >= 15 is 0 Å². The molecule has 0 aliphatic rings. The minimum absolute atomic E-state index is 0.0856. The van der Waals surface area contributed by atoms with Gasteiger partial charge in [0, 0.05) is 17.3 Å². The Morgan fingerprint density at radius 3 is 2.56 bits per heavy atom. The van der Waals surface area contributed by atoms with Crippen LogP contribution in [-0.2, 0) is 15.1 Å². The number of aromatic nitrogens is 2. The van der Waals surface area contributed by atoms with E-state index in [1.165, 1.54) is 26.3 Å². The van der Waals surface area contributed by atoms with Gasteiger partial charge in [0.25, 0.3) is 5.56 Å². The molecule has 0 aliphatic heterocycles. The van der Waals surface area contributed by atoms with Crippen LogP contribution >= 0.6 is 11.6 Å². The number of nitrogens with zero attached hydrogens (tertiary/aromatic N) is 2. The molecule has 2 aromatic heterocycles. The van der Waals surface area contributed by atoms with Crippen LogP contribution in [0, 0.1) is 5.92 Å². The summed E-state index contributed by atoms with van der Waals surface area (Å²) in [6.07, 6.45) is 2.66. The lowest BCUT2D eigenvalue weighted by molar-refractivity contribution is -0.122. The number of hydrogen-bond donors (Lipinski definition) is 0. The first-order valence-electron chi connectivity index (χ1n) is 11.8. The third-order valence-electron chi connectivity index (χ3n) is 6.31. The maximum atomic E-state index is 13.2. The van der Waals surface area contributed by atoms with Crippen LogP contribution < -0.4 is 20.8 Å². The lowest BCUT2D eigenvalue weighted by atomic mass is 9.92. The topological polar surface area (TPSA) is 110 Å². The summed E-state index contributed by atoms with van der Waals surface area (Å²) in [5.41, 5.74) is -2.65. The second kappa shape index (κ2) is 11.7.